The van der Waals surface area contributed by atoms with Gasteiger partial charge in [-0.15, -0.1) is 0 Å². The van der Waals surface area contributed by atoms with Crippen LogP contribution < -0.4 is 11.1 Å². The fourth-order valence-corrected chi connectivity index (χ4v) is 2.84. The second-order valence-electron chi connectivity index (χ2n) is 6.38. The van der Waals surface area contributed by atoms with E-state index in [1.807, 2.05) is 6.07 Å². The summed E-state index contributed by atoms with van der Waals surface area (Å²) in [6.07, 6.45) is 2.45. The number of rotatable bonds is 4. The van der Waals surface area contributed by atoms with E-state index in [-0.39, 0.29) is 0 Å². The zero-order chi connectivity index (χ0) is 14.8. The highest BCUT2D eigenvalue weighted by molar-refractivity contribution is 7.80. The van der Waals surface area contributed by atoms with Gasteiger partial charge in [0.15, 0.2) is 0 Å². The van der Waals surface area contributed by atoms with Crippen molar-refractivity contribution in [3.8, 4) is 0 Å². The van der Waals surface area contributed by atoms with Crippen LogP contribution in [0.15, 0.2) is 18.2 Å². The Morgan fingerprint density at radius 3 is 2.65 bits per heavy atom. The molecule has 20 heavy (non-hydrogen) atoms. The number of nitrogens with two attached hydrogens (primary N) is 1. The number of anilines is 1. The second-order valence-corrected chi connectivity index (χ2v) is 6.82. The van der Waals surface area contributed by atoms with Crippen molar-refractivity contribution in [2.75, 3.05) is 32.0 Å². The van der Waals surface area contributed by atoms with E-state index >= 15 is 0 Å². The fourth-order valence-electron chi connectivity index (χ4n) is 2.66. The van der Waals surface area contributed by atoms with Gasteiger partial charge in [-0.3, -0.25) is 0 Å². The molecule has 3 N–H and O–H groups in total. The minimum Gasteiger partial charge on any atom is -0.389 e. The average molecular weight is 291 g/mol. The Hall–Kier alpha value is -1.13. The van der Waals surface area contributed by atoms with Gasteiger partial charge in [0, 0.05) is 17.8 Å². The van der Waals surface area contributed by atoms with Crippen LogP contribution in [0.4, 0.5) is 5.69 Å². The van der Waals surface area contributed by atoms with Crippen LogP contribution in [0.1, 0.15) is 30.9 Å². The maximum Gasteiger partial charge on any atom is 0.106 e. The van der Waals surface area contributed by atoms with Crippen LogP contribution in [0.25, 0.3) is 0 Å². The summed E-state index contributed by atoms with van der Waals surface area (Å²) in [6, 6.07) is 6.20. The Balaban J connectivity index is 2.07. The van der Waals surface area contributed by atoms with Gasteiger partial charge in [0.2, 0.25) is 0 Å². The summed E-state index contributed by atoms with van der Waals surface area (Å²) in [5.41, 5.74) is 9.40. The van der Waals surface area contributed by atoms with Crippen LogP contribution in [0, 0.1) is 12.3 Å². The first kappa shape index (κ1) is 15.3. The van der Waals surface area contributed by atoms with Crippen LogP contribution in [0.5, 0.6) is 0 Å². The van der Waals surface area contributed by atoms with Crippen LogP contribution >= 0.6 is 12.2 Å². The number of thiocarbonyl (C=S) groups is 1. The molecule has 0 aliphatic carbocycles. The number of nitrogens with one attached hydrogen (secondary N) is 1. The normalized spacial score (nSPS) is 18.8. The third kappa shape index (κ3) is 3.70. The zero-order valence-corrected chi connectivity index (χ0v) is 13.5. The summed E-state index contributed by atoms with van der Waals surface area (Å²) in [6.45, 7) is 7.78. The van der Waals surface area contributed by atoms with E-state index in [4.69, 9.17) is 18.0 Å². The Kier molecular flexibility index (Phi) is 4.66. The molecule has 1 heterocycles. The summed E-state index contributed by atoms with van der Waals surface area (Å²) < 4.78 is 0. The van der Waals surface area contributed by atoms with E-state index < -0.39 is 0 Å². The Labute approximate surface area is 127 Å². The summed E-state index contributed by atoms with van der Waals surface area (Å²) in [5.74, 6) is 0. The lowest BCUT2D eigenvalue weighted by molar-refractivity contribution is 0.150. The topological polar surface area (TPSA) is 41.3 Å². The lowest BCUT2D eigenvalue weighted by atomic mass is 9.80. The Morgan fingerprint density at radius 1 is 1.40 bits per heavy atom. The number of hydrogen-bond acceptors (Lipinski definition) is 3. The monoisotopic (exact) mass is 291 g/mol. The molecule has 0 atom stereocenters. The van der Waals surface area contributed by atoms with E-state index in [9.17, 15) is 0 Å². The lowest BCUT2D eigenvalue weighted by Crippen LogP contribution is -2.40. The molecule has 0 unspecified atom stereocenters. The number of likely N-dealkylation sites (tertiary alicyclic amines) is 1. The van der Waals surface area contributed by atoms with Gasteiger partial charge < -0.3 is 16.0 Å². The van der Waals surface area contributed by atoms with Crippen molar-refractivity contribution in [3.05, 3.63) is 29.3 Å². The van der Waals surface area contributed by atoms with Gasteiger partial charge in [-0.05, 0) is 63.0 Å². The standard InChI is InChI=1S/C16H25N3S/c1-12-4-5-13(15(17)20)14(10-12)18-11-16(2)6-8-19(3)9-7-16/h4-5,10,18H,6-9,11H2,1-3H3,(H2,17,20). The largest absolute Gasteiger partial charge is 0.389 e. The molecule has 1 aliphatic rings. The van der Waals surface area contributed by atoms with Crippen molar-refractivity contribution in [3.63, 3.8) is 0 Å². The maximum absolute atomic E-state index is 5.81. The summed E-state index contributed by atoms with van der Waals surface area (Å²) in [4.78, 5) is 2.86. The van der Waals surface area contributed by atoms with E-state index in [0.29, 0.717) is 10.4 Å². The van der Waals surface area contributed by atoms with Gasteiger partial charge in [-0.2, -0.15) is 0 Å². The van der Waals surface area contributed by atoms with E-state index in [1.54, 1.807) is 0 Å². The molecule has 0 radical (unpaired) electrons. The summed E-state index contributed by atoms with van der Waals surface area (Å²) in [7, 11) is 2.19. The Bertz CT molecular complexity index is 490. The molecule has 0 spiro atoms. The summed E-state index contributed by atoms with van der Waals surface area (Å²) in [5, 5.41) is 3.57. The van der Waals surface area contributed by atoms with Crippen LogP contribution in [0.2, 0.25) is 0 Å². The molecule has 0 amide bonds. The number of aryl methyl sites for hydroxylation is 1. The van der Waals surface area contributed by atoms with Crippen molar-refractivity contribution in [2.24, 2.45) is 11.1 Å². The van der Waals surface area contributed by atoms with E-state index in [1.165, 1.54) is 31.5 Å². The van der Waals surface area contributed by atoms with Crippen molar-refractivity contribution in [1.29, 1.82) is 0 Å². The molecule has 2 rings (SSSR count). The number of nitrogens with zero attached hydrogens (tertiary/aromatic N) is 1. The molecule has 110 valence electrons. The molecule has 4 heteroatoms. The highest BCUT2D eigenvalue weighted by atomic mass is 32.1. The highest BCUT2D eigenvalue weighted by Gasteiger charge is 2.28. The first-order chi connectivity index (χ1) is 9.39. The van der Waals surface area contributed by atoms with Crippen LogP contribution in [0.3, 0.4) is 0 Å². The van der Waals surface area contributed by atoms with Gasteiger partial charge in [0.25, 0.3) is 0 Å². The Morgan fingerprint density at radius 2 is 2.05 bits per heavy atom. The predicted molar refractivity (Wildman–Crippen MR) is 90.4 cm³/mol. The molecule has 3 nitrogen and oxygen atoms in total. The SMILES string of the molecule is Cc1ccc(C(N)=S)c(NCC2(C)CCN(C)CC2)c1. The molecule has 1 fully saturated rings. The first-order valence-corrected chi connectivity index (χ1v) is 7.63. The lowest BCUT2D eigenvalue weighted by Gasteiger charge is -2.38. The minimum atomic E-state index is 0.351. The van der Waals surface area contributed by atoms with Crippen molar-refractivity contribution < 1.29 is 0 Å². The van der Waals surface area contributed by atoms with Crippen molar-refractivity contribution in [2.45, 2.75) is 26.7 Å². The van der Waals surface area contributed by atoms with E-state index in [0.717, 1.165) is 17.8 Å². The van der Waals surface area contributed by atoms with Gasteiger partial charge in [-0.25, -0.2) is 0 Å². The van der Waals surface area contributed by atoms with Gasteiger partial charge in [0.05, 0.1) is 0 Å². The fraction of sp³-hybridized carbons (Fsp3) is 0.562. The van der Waals surface area contributed by atoms with Crippen LogP contribution in [-0.2, 0) is 0 Å². The van der Waals surface area contributed by atoms with Crippen molar-refractivity contribution in [1.82, 2.24) is 4.90 Å². The maximum atomic E-state index is 5.81. The molecule has 1 aliphatic heterocycles. The molecule has 1 saturated heterocycles. The second kappa shape index (κ2) is 6.10. The average Bonchev–Trinajstić information content (AvgIpc) is 2.40. The predicted octanol–water partition coefficient (Wildman–Crippen LogP) is 2.77. The quantitative estimate of drug-likeness (QED) is 0.837. The number of piperidine rings is 1. The zero-order valence-electron chi connectivity index (χ0n) is 12.7. The molecular formula is C16H25N3S. The van der Waals surface area contributed by atoms with Gasteiger partial charge in [-0.1, -0.05) is 25.2 Å². The smallest absolute Gasteiger partial charge is 0.106 e. The molecule has 0 bridgehead atoms. The minimum absolute atomic E-state index is 0.351. The third-order valence-electron chi connectivity index (χ3n) is 4.34. The number of benzene rings is 1. The highest BCUT2D eigenvalue weighted by Crippen LogP contribution is 2.31. The van der Waals surface area contributed by atoms with Crippen LogP contribution in [-0.4, -0.2) is 36.6 Å². The van der Waals surface area contributed by atoms with Gasteiger partial charge in [0.1, 0.15) is 4.99 Å². The molecular weight excluding hydrogens is 266 g/mol. The third-order valence-corrected chi connectivity index (χ3v) is 4.56. The molecule has 1 aromatic rings. The van der Waals surface area contributed by atoms with E-state index in [2.05, 4.69) is 43.2 Å². The molecule has 1 aromatic carbocycles. The molecule has 0 saturated carbocycles. The van der Waals surface area contributed by atoms with Gasteiger partial charge >= 0.3 is 0 Å². The number of hydrogen-bond donors (Lipinski definition) is 2. The molecule has 0 aromatic heterocycles. The van der Waals surface area contributed by atoms with Crippen molar-refractivity contribution >= 4 is 22.9 Å². The first-order valence-electron chi connectivity index (χ1n) is 7.22. The summed E-state index contributed by atoms with van der Waals surface area (Å²) >= 11 is 5.14.